The van der Waals surface area contributed by atoms with Crippen LogP contribution in [0, 0.1) is 48.8 Å². The van der Waals surface area contributed by atoms with Crippen molar-refractivity contribution in [2.45, 2.75) is 84.3 Å². The smallest absolute Gasteiger partial charge is 0.407 e. The maximum absolute atomic E-state index is 14.1. The molecule has 25 nitrogen and oxygen atoms in total. The molecule has 8 aromatic heterocycles. The van der Waals surface area contributed by atoms with E-state index in [9.17, 15) is 50.3 Å². The number of amides is 1. The lowest BCUT2D eigenvalue weighted by Crippen LogP contribution is -2.50. The summed E-state index contributed by atoms with van der Waals surface area (Å²) >= 11 is 38.4. The van der Waals surface area contributed by atoms with Crippen LogP contribution in [0.2, 0.25) is 36.1 Å². The van der Waals surface area contributed by atoms with Crippen molar-refractivity contribution in [3.63, 3.8) is 0 Å². The highest BCUT2D eigenvalue weighted by atomic mass is 35.5. The summed E-state index contributed by atoms with van der Waals surface area (Å²) in [6, 6.07) is 6.32. The minimum absolute atomic E-state index is 0.00389. The fraction of sp³-hybridized carbons (Fsp3) is 0.232. The summed E-state index contributed by atoms with van der Waals surface area (Å²) in [5, 5.41) is 33.5. The summed E-state index contributed by atoms with van der Waals surface area (Å²) in [5.41, 5.74) is 12.9. The average molecular weight is 1450 g/mol. The highest BCUT2D eigenvalue weighted by Crippen LogP contribution is 2.37. The van der Waals surface area contributed by atoms with Gasteiger partial charge in [0, 0.05) is 40.6 Å². The van der Waals surface area contributed by atoms with E-state index in [1.54, 1.807) is 6.20 Å². The number of nitrogens with one attached hydrogen (secondary N) is 6. The number of benzene rings is 2. The summed E-state index contributed by atoms with van der Waals surface area (Å²) in [6.45, 7) is 9.31. The number of hydrazine groups is 1. The molecule has 16 N–H and O–H groups in total. The van der Waals surface area contributed by atoms with Crippen molar-refractivity contribution >= 4 is 160 Å². The maximum Gasteiger partial charge on any atom is 0.407 e. The van der Waals surface area contributed by atoms with Gasteiger partial charge in [-0.25, -0.2) is 70.9 Å². The number of nitrogens with two attached hydrogens (primary N) is 4. The summed E-state index contributed by atoms with van der Waals surface area (Å²) in [5.74, 6) is 1.44. The number of esters is 1. The van der Waals surface area contributed by atoms with Gasteiger partial charge in [0.2, 0.25) is 6.29 Å². The molecule has 0 spiro atoms. The molecule has 0 bridgehead atoms. The number of ether oxygens (including phenoxy) is 2. The van der Waals surface area contributed by atoms with Gasteiger partial charge < -0.3 is 51.8 Å². The van der Waals surface area contributed by atoms with Gasteiger partial charge in [0.15, 0.2) is 43.9 Å². The number of aromatic amines is 4. The monoisotopic (exact) mass is 1450 g/mol. The van der Waals surface area contributed by atoms with Crippen molar-refractivity contribution < 1.29 is 60.4 Å². The Hall–Kier alpha value is -8.34. The molecule has 2 aromatic carbocycles. The van der Waals surface area contributed by atoms with Crippen LogP contribution >= 0.6 is 81.2 Å². The molecule has 1 fully saturated rings. The van der Waals surface area contributed by atoms with Crippen LogP contribution in [-0.2, 0) is 9.47 Å². The first kappa shape index (κ1) is 74.7. The van der Waals surface area contributed by atoms with Crippen molar-refractivity contribution in [1.29, 1.82) is 0 Å². The molecule has 1 aliphatic heterocycles. The first-order valence-electron chi connectivity index (χ1n) is 26.6. The Morgan fingerprint density at radius 1 is 0.670 bits per heavy atom. The average Bonchev–Trinajstić information content (AvgIpc) is 1.31. The van der Waals surface area contributed by atoms with Gasteiger partial charge in [-0.2, -0.15) is 10.2 Å². The minimum Gasteiger partial charge on any atom is -0.478 e. The number of aryl methyl sites for hydroxylation is 2. The summed E-state index contributed by atoms with van der Waals surface area (Å²) in [4.78, 5) is 76.2. The number of nitrogens with zero attached hydrogens (tertiary/aromatic N) is 6. The number of hydrogen-bond donors (Lipinski definition) is 12. The number of aliphatic hydroxyl groups excluding tert-OH is 1. The van der Waals surface area contributed by atoms with E-state index in [1.807, 2.05) is 40.8 Å². The van der Waals surface area contributed by atoms with Crippen LogP contribution < -0.4 is 44.9 Å². The van der Waals surface area contributed by atoms with E-state index in [1.165, 1.54) is 24.3 Å². The number of aromatic carboxylic acids is 1. The molecule has 1 saturated carbocycles. The molecule has 500 valence electrons. The molecule has 1 aliphatic carbocycles. The molecule has 2 aliphatic rings. The molecule has 0 saturated heterocycles. The van der Waals surface area contributed by atoms with E-state index in [0.29, 0.717) is 22.3 Å². The number of aromatic nitrogens is 10. The molecule has 9 heterocycles. The fourth-order valence-electron chi connectivity index (χ4n) is 8.75. The zero-order valence-electron chi connectivity index (χ0n) is 48.9. The zero-order chi connectivity index (χ0) is 70.0. The first-order chi connectivity index (χ1) is 44.2. The number of cyclic esters (lactones) is 1. The molecule has 1 unspecified atom stereocenters. The number of H-pyrrole nitrogens is 4. The maximum atomic E-state index is 14.1. The van der Waals surface area contributed by atoms with Crippen LogP contribution in [0.1, 0.15) is 90.2 Å². The number of anilines is 3. The number of halogens is 13. The van der Waals surface area contributed by atoms with Crippen molar-refractivity contribution in [3.8, 4) is 0 Å². The van der Waals surface area contributed by atoms with Crippen LogP contribution in [0.5, 0.6) is 0 Å². The van der Waals surface area contributed by atoms with E-state index >= 15 is 0 Å². The van der Waals surface area contributed by atoms with E-state index in [2.05, 4.69) is 77.4 Å². The predicted molar refractivity (Wildman–Crippen MR) is 343 cm³/mol. The molecule has 3 atom stereocenters. The number of aliphatic hydroxyl groups is 1. The number of rotatable bonds is 4. The van der Waals surface area contributed by atoms with Crippen LogP contribution in [0.25, 0.3) is 43.4 Å². The number of fused-ring (bicyclic) bond motifs is 5. The van der Waals surface area contributed by atoms with Crippen LogP contribution in [0.15, 0.2) is 64.7 Å². The van der Waals surface area contributed by atoms with Gasteiger partial charge in [0.1, 0.15) is 44.1 Å². The first-order valence-corrected chi connectivity index (χ1v) is 29.3. The van der Waals surface area contributed by atoms with Crippen molar-refractivity contribution in [2.75, 3.05) is 11.1 Å². The van der Waals surface area contributed by atoms with Crippen LogP contribution in [0.3, 0.4) is 0 Å². The molecule has 94 heavy (non-hydrogen) atoms. The number of carboxylic acids is 1. The topological polar surface area (TPSA) is 413 Å². The van der Waals surface area contributed by atoms with Crippen molar-refractivity contribution in [3.05, 3.63) is 175 Å². The third kappa shape index (κ3) is 18.1. The van der Waals surface area contributed by atoms with E-state index in [4.69, 9.17) is 108 Å². The van der Waals surface area contributed by atoms with Gasteiger partial charge in [-0.05, 0) is 88.9 Å². The number of hydrogen-bond acceptors (Lipinski definition) is 19. The Morgan fingerprint density at radius 2 is 1.18 bits per heavy atom. The van der Waals surface area contributed by atoms with Gasteiger partial charge in [0.05, 0.1) is 62.1 Å². The molecule has 38 heteroatoms. The third-order valence-corrected chi connectivity index (χ3v) is 14.9. The Morgan fingerprint density at radius 3 is 1.77 bits per heavy atom. The minimum atomic E-state index is -1.67. The number of pyridine rings is 4. The number of nitrogen functional groups attached to an aromatic ring is 1. The predicted octanol–water partition coefficient (Wildman–Crippen LogP) is 12.3. The molecule has 0 radical (unpaired) electrons. The summed E-state index contributed by atoms with van der Waals surface area (Å²) < 4.78 is 89.7. The Bertz CT molecular complexity index is 4620. The second kappa shape index (κ2) is 32.2. The van der Waals surface area contributed by atoms with Gasteiger partial charge in [-0.3, -0.25) is 21.3 Å². The number of alkyl carbamates (subject to hydrolysis) is 1. The molecule has 12 rings (SSSR count). The standard InChI is InChI=1S/C16H10ClF2N5O.C11H22N2O2.C9H9FN2.C7H2Cl2FN3O.C7H2Cl2FNO3.C6H2Cl2FNO2.H4N2/c1-6-4-20-13-8(6)2-7(18)3-10(13)22-15-11-9(5-21-24-16(11)25)12(19)14(17)23-15;1-11(2,3)15-10(14)13-9-7-5-4-6-8(9)12;1-5-4-12-9-7(5)2-6(10)3-8(9)11;8-5-3-2(1-11-13-7(3)14)4(10)6(9)12-5;8-4-2-1(3(10)5(9)11-4)6(12)14-7(2)13;7-4-2(6(11)12)1-3(9)5(8)10-4;1-2/h2-5,20H,1H3,(H,22,23)(H,24,25);8-9H,4-7,12H2,1-3H3,(H,13,14);2-4,12H,11H2,1H3;1H,(H,13,14);6,12H;1H,(H,11,12);1-2H2/t;8-,9+;;;;;/m.1...../s1. The molecular formula is C56H51Cl7F6N16O9. The third-order valence-electron chi connectivity index (χ3n) is 13.0. The SMILES string of the molecule is CC(C)(C)OC(=O)N[C@H]1CCCC[C@H]1N.Cc1c[nH]c2c(N)cc(F)cc12.Cc1c[nH]c2c(Nc3nc(Cl)c(F)c4cn[nH]c(=O)c34)cc(F)cc12.NN.O=C(O)c1cc(F)c(Cl)nc1Cl.O=C1OC(O)c2c(F)c(Cl)nc(Cl)c21.O=c1[nH]ncc2c(F)c(Cl)nc(Cl)c12. The quantitative estimate of drug-likeness (QED) is 0.0194. The zero-order valence-corrected chi connectivity index (χ0v) is 54.2. The normalized spacial score (nSPS) is 14.6. The highest BCUT2D eigenvalue weighted by Gasteiger charge is 2.37. The van der Waals surface area contributed by atoms with Gasteiger partial charge in [-0.1, -0.05) is 94.0 Å². The lowest BCUT2D eigenvalue weighted by molar-refractivity contribution is -0.0562. The lowest BCUT2D eigenvalue weighted by atomic mass is 9.91. The Balaban J connectivity index is 0.000000182. The van der Waals surface area contributed by atoms with Crippen molar-refractivity contribution in [2.24, 2.45) is 17.4 Å². The summed E-state index contributed by atoms with van der Waals surface area (Å²) in [6.07, 6.45) is 8.04. The van der Waals surface area contributed by atoms with Gasteiger partial charge >= 0.3 is 18.0 Å². The second-order valence-electron chi connectivity index (χ2n) is 20.6. The molecular weight excluding hydrogens is 1400 g/mol. The number of carbonyl (C=O) groups excluding carboxylic acids is 2. The van der Waals surface area contributed by atoms with E-state index in [0.717, 1.165) is 66.2 Å². The lowest BCUT2D eigenvalue weighted by Gasteiger charge is -2.30. The summed E-state index contributed by atoms with van der Waals surface area (Å²) in [7, 11) is 0. The number of carbonyl (C=O) groups is 3. The molecule has 1 amide bonds. The van der Waals surface area contributed by atoms with Crippen LogP contribution in [-0.4, -0.2) is 96.2 Å². The largest absolute Gasteiger partial charge is 0.478 e. The van der Waals surface area contributed by atoms with Crippen LogP contribution in [0.4, 0.5) is 48.3 Å². The second-order valence-corrected chi connectivity index (χ2v) is 23.1. The Kier molecular flexibility index (Phi) is 25.6. The number of carboxylic acid groups (broad SMARTS) is 1. The fourth-order valence-corrected chi connectivity index (χ4v) is 10.3. The Labute approximate surface area is 560 Å². The highest BCUT2D eigenvalue weighted by molar-refractivity contribution is 6.37. The molecule has 10 aromatic rings. The van der Waals surface area contributed by atoms with E-state index in [-0.39, 0.29) is 83.1 Å². The van der Waals surface area contributed by atoms with E-state index < -0.39 is 85.1 Å². The van der Waals surface area contributed by atoms with Gasteiger partial charge in [0.25, 0.3) is 11.1 Å². The van der Waals surface area contributed by atoms with Gasteiger partial charge in [-0.15, -0.1) is 0 Å². The van der Waals surface area contributed by atoms with Crippen molar-refractivity contribution in [1.82, 2.24) is 55.6 Å².